The van der Waals surface area contributed by atoms with Gasteiger partial charge in [-0.2, -0.15) is 0 Å². The van der Waals surface area contributed by atoms with Crippen molar-refractivity contribution in [2.45, 2.75) is 4.90 Å². The minimum absolute atomic E-state index is 0.0600. The molecule has 3 rings (SSSR count). The molecule has 1 unspecified atom stereocenters. The molecule has 1 atom stereocenters. The van der Waals surface area contributed by atoms with E-state index in [9.17, 15) is 9.00 Å². The summed E-state index contributed by atoms with van der Waals surface area (Å²) in [5.41, 5.74) is 1.04. The van der Waals surface area contributed by atoms with Crippen LogP contribution in [-0.4, -0.2) is 14.0 Å². The first-order chi connectivity index (χ1) is 7.29. The molecule has 1 aliphatic rings. The van der Waals surface area contributed by atoms with E-state index < -0.39 is 11.0 Å². The molecule has 1 aliphatic heterocycles. The van der Waals surface area contributed by atoms with Crippen molar-refractivity contribution in [1.29, 1.82) is 0 Å². The summed E-state index contributed by atoms with van der Waals surface area (Å²) in [5.74, 6) is -0.0600. The Hall–Kier alpha value is -1.68. The van der Waals surface area contributed by atoms with Gasteiger partial charge < -0.3 is 0 Å². The molecule has 0 amide bonds. The Morgan fingerprint density at radius 2 is 1.87 bits per heavy atom. The normalized spacial score (nSPS) is 18.4. The van der Waals surface area contributed by atoms with Gasteiger partial charge in [-0.25, -0.2) is 4.21 Å². The first kappa shape index (κ1) is 8.61. The Labute approximate surface area is 88.9 Å². The van der Waals surface area contributed by atoms with E-state index in [0.717, 1.165) is 0 Å². The van der Waals surface area contributed by atoms with Crippen molar-refractivity contribution in [3.8, 4) is 0 Å². The number of ketones is 1. The highest BCUT2D eigenvalue weighted by molar-refractivity contribution is 7.83. The van der Waals surface area contributed by atoms with Gasteiger partial charge in [0.25, 0.3) is 0 Å². The molecular formula is C11H7NO2S. The third-order valence-electron chi connectivity index (χ3n) is 2.44. The molecule has 1 aromatic heterocycles. The van der Waals surface area contributed by atoms with Crippen molar-refractivity contribution in [3.63, 3.8) is 0 Å². The second-order valence-corrected chi connectivity index (χ2v) is 4.63. The molecular weight excluding hydrogens is 210 g/mol. The Bertz CT molecular complexity index is 536. The smallest absolute Gasteiger partial charge is 0.211 e. The Morgan fingerprint density at radius 3 is 2.73 bits per heavy atom. The van der Waals surface area contributed by atoms with Crippen LogP contribution in [0.4, 0.5) is 0 Å². The number of fused-ring (bicyclic) bond motifs is 2. The molecule has 0 saturated carbocycles. The van der Waals surface area contributed by atoms with Crippen LogP contribution in [0.5, 0.6) is 0 Å². The van der Waals surface area contributed by atoms with E-state index >= 15 is 0 Å². The average molecular weight is 217 g/mol. The fourth-order valence-electron chi connectivity index (χ4n) is 1.74. The first-order valence-corrected chi connectivity index (χ1v) is 5.63. The zero-order valence-electron chi connectivity index (χ0n) is 7.71. The molecule has 15 heavy (non-hydrogen) atoms. The second kappa shape index (κ2) is 2.90. The van der Waals surface area contributed by atoms with Crippen LogP contribution in [0.15, 0.2) is 47.5 Å². The molecule has 74 valence electrons. The molecule has 2 heterocycles. The molecule has 0 fully saturated rings. The van der Waals surface area contributed by atoms with Crippen molar-refractivity contribution in [2.24, 2.45) is 0 Å². The van der Waals surface area contributed by atoms with Gasteiger partial charge in [-0.3, -0.25) is 8.77 Å². The van der Waals surface area contributed by atoms with E-state index in [1.54, 1.807) is 42.6 Å². The largest absolute Gasteiger partial charge is 0.287 e. The predicted octanol–water partition coefficient (Wildman–Crippen LogP) is 1.60. The van der Waals surface area contributed by atoms with Gasteiger partial charge in [-0.1, -0.05) is 12.1 Å². The summed E-state index contributed by atoms with van der Waals surface area (Å²) in [5, 5.41) is 0. The minimum Gasteiger partial charge on any atom is -0.287 e. The van der Waals surface area contributed by atoms with Gasteiger partial charge in [0, 0.05) is 11.8 Å². The standard InChI is InChI=1S/C11H7NO2S/c13-11-8-4-1-2-6-10(8)15(14)12-7-3-5-9(11)12/h1-7H. The lowest BCUT2D eigenvalue weighted by Gasteiger charge is -2.16. The van der Waals surface area contributed by atoms with Crippen LogP contribution < -0.4 is 0 Å². The van der Waals surface area contributed by atoms with E-state index in [4.69, 9.17) is 0 Å². The number of hydrogen-bond acceptors (Lipinski definition) is 2. The van der Waals surface area contributed by atoms with Crippen LogP contribution >= 0.6 is 0 Å². The number of hydrogen-bond donors (Lipinski definition) is 0. The monoisotopic (exact) mass is 217 g/mol. The van der Waals surface area contributed by atoms with Gasteiger partial charge in [0.2, 0.25) is 5.78 Å². The van der Waals surface area contributed by atoms with Gasteiger partial charge in [0.1, 0.15) is 5.69 Å². The van der Waals surface area contributed by atoms with Crippen molar-refractivity contribution in [3.05, 3.63) is 53.9 Å². The van der Waals surface area contributed by atoms with Crippen LogP contribution in [0.1, 0.15) is 16.1 Å². The van der Waals surface area contributed by atoms with E-state index in [-0.39, 0.29) is 5.78 Å². The third kappa shape index (κ3) is 1.05. The molecule has 0 aliphatic carbocycles. The summed E-state index contributed by atoms with van der Waals surface area (Å²) in [6.45, 7) is 0. The van der Waals surface area contributed by atoms with Crippen molar-refractivity contribution >= 4 is 16.8 Å². The van der Waals surface area contributed by atoms with E-state index in [2.05, 4.69) is 0 Å². The van der Waals surface area contributed by atoms with Crippen LogP contribution in [0, 0.1) is 0 Å². The van der Waals surface area contributed by atoms with E-state index in [1.165, 1.54) is 3.97 Å². The molecule has 0 N–H and O–H groups in total. The topological polar surface area (TPSA) is 39.1 Å². The third-order valence-corrected chi connectivity index (χ3v) is 3.85. The zero-order chi connectivity index (χ0) is 10.4. The summed E-state index contributed by atoms with van der Waals surface area (Å²) in [6.07, 6.45) is 1.67. The van der Waals surface area contributed by atoms with Gasteiger partial charge in [-0.05, 0) is 24.3 Å². The molecule has 2 aromatic rings. The molecule has 3 nitrogen and oxygen atoms in total. The summed E-state index contributed by atoms with van der Waals surface area (Å²) >= 11 is 0. The molecule has 0 spiro atoms. The zero-order valence-corrected chi connectivity index (χ0v) is 8.53. The minimum atomic E-state index is -1.28. The number of nitrogens with zero attached hydrogens (tertiary/aromatic N) is 1. The van der Waals surface area contributed by atoms with E-state index in [1.807, 2.05) is 0 Å². The fraction of sp³-hybridized carbons (Fsp3) is 0. The molecule has 4 heteroatoms. The quantitative estimate of drug-likeness (QED) is 0.573. The number of aromatic nitrogens is 1. The van der Waals surface area contributed by atoms with Gasteiger partial charge in [0.05, 0.1) is 4.90 Å². The summed E-state index contributed by atoms with van der Waals surface area (Å²) < 4.78 is 13.5. The van der Waals surface area contributed by atoms with Crippen molar-refractivity contribution < 1.29 is 9.00 Å². The average Bonchev–Trinajstić information content (AvgIpc) is 2.75. The number of rotatable bonds is 0. The predicted molar refractivity (Wildman–Crippen MR) is 56.1 cm³/mol. The van der Waals surface area contributed by atoms with Crippen molar-refractivity contribution in [1.82, 2.24) is 3.97 Å². The highest BCUT2D eigenvalue weighted by Gasteiger charge is 2.27. The number of benzene rings is 1. The maximum atomic E-state index is 12.0. The van der Waals surface area contributed by atoms with Crippen LogP contribution in [0.25, 0.3) is 0 Å². The maximum absolute atomic E-state index is 12.0. The summed E-state index contributed by atoms with van der Waals surface area (Å²) in [7, 11) is -1.28. The second-order valence-electron chi connectivity index (χ2n) is 3.29. The van der Waals surface area contributed by atoms with Gasteiger partial charge in [-0.15, -0.1) is 0 Å². The SMILES string of the molecule is O=C1c2ccccc2S(=O)n2cccc21. The van der Waals surface area contributed by atoms with Gasteiger partial charge >= 0.3 is 0 Å². The number of carbonyl (C=O) groups excluding carboxylic acids is 1. The molecule has 1 aromatic carbocycles. The lowest BCUT2D eigenvalue weighted by atomic mass is 10.1. The van der Waals surface area contributed by atoms with E-state index in [0.29, 0.717) is 16.2 Å². The Morgan fingerprint density at radius 1 is 1.07 bits per heavy atom. The summed E-state index contributed by atoms with van der Waals surface area (Å²) in [4.78, 5) is 12.5. The lowest BCUT2D eigenvalue weighted by molar-refractivity contribution is 0.102. The van der Waals surface area contributed by atoms with Crippen molar-refractivity contribution in [2.75, 3.05) is 0 Å². The lowest BCUT2D eigenvalue weighted by Crippen LogP contribution is -2.21. The Balaban J connectivity index is 2.36. The highest BCUT2D eigenvalue weighted by Crippen LogP contribution is 2.25. The first-order valence-electron chi connectivity index (χ1n) is 4.52. The molecule has 0 radical (unpaired) electrons. The maximum Gasteiger partial charge on any atom is 0.211 e. The highest BCUT2D eigenvalue weighted by atomic mass is 32.2. The van der Waals surface area contributed by atoms with Gasteiger partial charge in [0.15, 0.2) is 11.0 Å². The summed E-state index contributed by atoms with van der Waals surface area (Å²) in [6, 6.07) is 10.4. The Kier molecular flexibility index (Phi) is 1.67. The fourth-order valence-corrected chi connectivity index (χ4v) is 3.00. The van der Waals surface area contributed by atoms with Crippen LogP contribution in [0.2, 0.25) is 0 Å². The van der Waals surface area contributed by atoms with Crippen LogP contribution in [-0.2, 0) is 11.0 Å². The molecule has 0 saturated heterocycles. The van der Waals surface area contributed by atoms with Crippen LogP contribution in [0.3, 0.4) is 0 Å². The number of carbonyl (C=O) groups is 1. The molecule has 0 bridgehead atoms.